The van der Waals surface area contributed by atoms with Crippen molar-refractivity contribution in [3.63, 3.8) is 0 Å². The van der Waals surface area contributed by atoms with Gasteiger partial charge in [-0.25, -0.2) is 9.97 Å². The topological polar surface area (TPSA) is 94.8 Å². The number of piperazine rings is 1. The van der Waals surface area contributed by atoms with Gasteiger partial charge in [0.1, 0.15) is 5.88 Å². The van der Waals surface area contributed by atoms with E-state index in [-0.39, 0.29) is 11.9 Å². The number of aromatic nitrogens is 4. The Balaban J connectivity index is 1.91. The molecule has 3 heterocycles. The van der Waals surface area contributed by atoms with E-state index in [1.54, 1.807) is 23.3 Å². The van der Waals surface area contributed by atoms with Crippen molar-refractivity contribution in [2.24, 2.45) is 0 Å². The van der Waals surface area contributed by atoms with E-state index in [9.17, 15) is 0 Å². The number of hydrogen-bond acceptors (Lipinski definition) is 6. The first-order valence-corrected chi connectivity index (χ1v) is 5.69. The van der Waals surface area contributed by atoms with Crippen molar-refractivity contribution in [3.05, 3.63) is 36.2 Å². The highest BCUT2D eigenvalue weighted by Gasteiger charge is 2.33. The van der Waals surface area contributed by atoms with Gasteiger partial charge in [0.05, 0.1) is 11.3 Å². The molecule has 2 N–H and O–H groups in total. The van der Waals surface area contributed by atoms with Crippen LogP contribution in [0.1, 0.15) is 11.9 Å². The average molecular weight is 247 g/mol. The van der Waals surface area contributed by atoms with Crippen LogP contribution in [0.3, 0.4) is 0 Å². The molecule has 94 valence electrons. The first-order valence-electron chi connectivity index (χ1n) is 5.69. The molecule has 0 spiro atoms. The van der Waals surface area contributed by atoms with Gasteiger partial charge in [-0.05, 0) is 6.07 Å². The molecule has 18 heavy (non-hydrogen) atoms. The van der Waals surface area contributed by atoms with Crippen molar-refractivity contribution in [3.8, 4) is 0 Å². The zero-order valence-corrected chi connectivity index (χ0v) is 9.65. The van der Waals surface area contributed by atoms with Gasteiger partial charge in [-0.1, -0.05) is 0 Å². The predicted molar refractivity (Wildman–Crippen MR) is 61.4 cm³/mol. The fourth-order valence-corrected chi connectivity index (χ4v) is 2.01. The van der Waals surface area contributed by atoms with Gasteiger partial charge in [-0.3, -0.25) is 0 Å². The molecular weight excluding hydrogens is 234 g/mol. The van der Waals surface area contributed by atoms with Gasteiger partial charge in [0.15, 0.2) is 11.9 Å². The molecule has 0 amide bonds. The summed E-state index contributed by atoms with van der Waals surface area (Å²) in [5.74, 6) is 0.757. The van der Waals surface area contributed by atoms with Crippen LogP contribution in [-0.2, 0) is 0 Å². The lowest BCUT2D eigenvalue weighted by Crippen LogP contribution is -2.66. The Morgan fingerprint density at radius 1 is 1.44 bits per heavy atom. The molecule has 3 rings (SSSR count). The second kappa shape index (κ2) is 4.57. The predicted octanol–water partition coefficient (Wildman–Crippen LogP) is -0.282. The lowest BCUT2D eigenvalue weighted by molar-refractivity contribution is -0.763. The second-order valence-electron chi connectivity index (χ2n) is 3.98. The van der Waals surface area contributed by atoms with Crippen molar-refractivity contribution in [2.75, 3.05) is 24.6 Å². The van der Waals surface area contributed by atoms with Gasteiger partial charge in [0.25, 0.3) is 6.20 Å². The van der Waals surface area contributed by atoms with E-state index in [1.807, 2.05) is 5.01 Å². The molecule has 0 bridgehead atoms. The molecule has 2 aromatic heterocycles. The maximum absolute atomic E-state index is 7.38. The normalized spacial score (nSPS) is 20.0. The average Bonchev–Trinajstić information content (AvgIpc) is 2.86. The minimum Gasteiger partial charge on any atom is -0.660 e. The molecule has 1 unspecified atom stereocenters. The van der Waals surface area contributed by atoms with Crippen LogP contribution in [0.5, 0.6) is 0 Å². The van der Waals surface area contributed by atoms with Crippen molar-refractivity contribution in [2.45, 2.75) is 6.04 Å². The molecule has 1 aliphatic heterocycles. The lowest BCUT2D eigenvalue weighted by Gasteiger charge is -2.28. The smallest absolute Gasteiger partial charge is 0.256 e. The first kappa shape index (κ1) is 10.9. The van der Waals surface area contributed by atoms with E-state index in [0.717, 1.165) is 25.5 Å². The number of hydrogen-bond donors (Lipinski definition) is 1. The van der Waals surface area contributed by atoms with Gasteiger partial charge < -0.3 is 15.6 Å². The minimum atomic E-state index is -0.0190. The van der Waals surface area contributed by atoms with E-state index in [0.29, 0.717) is 0 Å². The summed E-state index contributed by atoms with van der Waals surface area (Å²) in [7, 11) is 0. The quantitative estimate of drug-likeness (QED) is 0.733. The summed E-state index contributed by atoms with van der Waals surface area (Å²) in [4.78, 5) is 10.1. The largest absolute Gasteiger partial charge is 0.660 e. The Hall–Kier alpha value is -2.22. The first-order chi connectivity index (χ1) is 8.84. The standard InChI is InChI=1S/C10H13N7O/c11-9-7-17(15-18-9)16-5-4-12-6-8(16)10-13-2-1-3-14-10/h1-3,7-8,11-12H,4-6H2. The van der Waals surface area contributed by atoms with Crippen LogP contribution in [0.15, 0.2) is 29.2 Å². The molecule has 0 aliphatic carbocycles. The second-order valence-corrected chi connectivity index (χ2v) is 3.98. The molecule has 1 saturated heterocycles. The zero-order chi connectivity index (χ0) is 12.4. The summed E-state index contributed by atoms with van der Waals surface area (Å²) >= 11 is 0. The van der Waals surface area contributed by atoms with Gasteiger partial charge >= 0.3 is 0 Å². The minimum absolute atomic E-state index is 0.0190. The molecule has 1 aliphatic rings. The Kier molecular flexibility index (Phi) is 2.77. The summed E-state index contributed by atoms with van der Waals surface area (Å²) in [6.07, 6.45) is 4.97. The van der Waals surface area contributed by atoms with Gasteiger partial charge in [0.2, 0.25) is 5.27 Å². The van der Waals surface area contributed by atoms with Crippen molar-refractivity contribution in [1.29, 1.82) is 0 Å². The van der Waals surface area contributed by atoms with Crippen LogP contribution in [-0.4, -0.2) is 34.9 Å². The highest BCUT2D eigenvalue weighted by Crippen LogP contribution is 2.14. The number of nitrogens with zero attached hydrogens (tertiary/aromatic N) is 5. The molecule has 0 aromatic carbocycles. The maximum Gasteiger partial charge on any atom is 0.256 e. The van der Waals surface area contributed by atoms with Crippen LogP contribution >= 0.6 is 0 Å². The van der Waals surface area contributed by atoms with Gasteiger partial charge in [-0.15, -0.1) is 5.01 Å². The summed E-state index contributed by atoms with van der Waals surface area (Å²) in [6, 6.07) is 1.77. The van der Waals surface area contributed by atoms with Crippen LogP contribution in [0.2, 0.25) is 0 Å². The van der Waals surface area contributed by atoms with Gasteiger partial charge in [0, 0.05) is 25.5 Å². The van der Waals surface area contributed by atoms with Crippen molar-refractivity contribution < 1.29 is 9.31 Å². The number of rotatable bonds is 2. The molecule has 0 radical (unpaired) electrons. The monoisotopic (exact) mass is 247 g/mol. The van der Waals surface area contributed by atoms with E-state index in [4.69, 9.17) is 10.3 Å². The van der Waals surface area contributed by atoms with Crippen molar-refractivity contribution in [1.82, 2.24) is 20.6 Å². The number of nitrogens with one attached hydrogen (secondary N) is 2. The highest BCUT2D eigenvalue weighted by molar-refractivity contribution is 5.20. The molecule has 8 heteroatoms. The third-order valence-corrected chi connectivity index (χ3v) is 2.82. The molecular formula is C10H13N7O. The van der Waals surface area contributed by atoms with Gasteiger partial charge in [-0.2, -0.15) is 0 Å². The Morgan fingerprint density at radius 3 is 3.00 bits per heavy atom. The highest BCUT2D eigenvalue weighted by atomic mass is 16.5. The fraction of sp³-hybridized carbons (Fsp3) is 0.400. The Morgan fingerprint density at radius 2 is 2.28 bits per heavy atom. The van der Waals surface area contributed by atoms with Crippen LogP contribution in [0, 0.1) is 0 Å². The molecule has 0 saturated carbocycles. The van der Waals surface area contributed by atoms with E-state index < -0.39 is 0 Å². The third kappa shape index (κ3) is 1.97. The third-order valence-electron chi connectivity index (χ3n) is 2.82. The Labute approximate surface area is 103 Å². The van der Waals surface area contributed by atoms with Crippen LogP contribution in [0.25, 0.3) is 5.73 Å². The maximum atomic E-state index is 7.38. The summed E-state index contributed by atoms with van der Waals surface area (Å²) in [5, 5.41) is 9.09. The summed E-state index contributed by atoms with van der Waals surface area (Å²) < 4.78 is 4.78. The molecule has 1 fully saturated rings. The van der Waals surface area contributed by atoms with Crippen LogP contribution < -0.4 is 15.1 Å². The molecule has 8 nitrogen and oxygen atoms in total. The molecule has 1 atom stereocenters. The summed E-state index contributed by atoms with van der Waals surface area (Å²) in [6.45, 7) is 2.33. The fourth-order valence-electron chi connectivity index (χ4n) is 2.01. The van der Waals surface area contributed by atoms with E-state index in [2.05, 4.69) is 20.6 Å². The summed E-state index contributed by atoms with van der Waals surface area (Å²) in [5.41, 5.74) is 7.38. The zero-order valence-electron chi connectivity index (χ0n) is 9.65. The van der Waals surface area contributed by atoms with Crippen molar-refractivity contribution >= 4 is 5.88 Å². The SMILES string of the molecule is [NH-]c1c[n+](N2CCNCC2c2ncccn2)no1. The van der Waals surface area contributed by atoms with Crippen LogP contribution in [0.4, 0.5) is 5.88 Å². The molecule has 2 aromatic rings. The Bertz CT molecular complexity index is 514. The lowest BCUT2D eigenvalue weighted by atomic mass is 10.2. The van der Waals surface area contributed by atoms with E-state index >= 15 is 0 Å². The van der Waals surface area contributed by atoms with E-state index in [1.165, 1.54) is 6.20 Å².